The van der Waals surface area contributed by atoms with Gasteiger partial charge in [-0.15, -0.1) is 0 Å². The topological polar surface area (TPSA) is 89.5 Å². The molecule has 0 fully saturated rings. The Morgan fingerprint density at radius 2 is 1.42 bits per heavy atom. The minimum Gasteiger partial charge on any atom is -0.367 e. The molecule has 122 valence electrons. The lowest BCUT2D eigenvalue weighted by molar-refractivity contribution is -0.385. The Labute approximate surface area is 138 Å². The van der Waals surface area contributed by atoms with Crippen molar-refractivity contribution in [2.75, 3.05) is 7.05 Å². The van der Waals surface area contributed by atoms with Gasteiger partial charge in [-0.25, -0.2) is 0 Å². The number of nitro groups is 2. The number of non-ortho nitro benzene ring substituents is 2. The molecule has 0 amide bonds. The summed E-state index contributed by atoms with van der Waals surface area (Å²) in [5.74, 6) is 0. The summed E-state index contributed by atoms with van der Waals surface area (Å²) in [7, 11) is 1.95. The first kappa shape index (κ1) is 15.7. The smallest absolute Gasteiger partial charge is 0.269 e. The number of rotatable bonds is 4. The Hall–Kier alpha value is -3.22. The molecule has 0 radical (unpaired) electrons. The van der Waals surface area contributed by atoms with Gasteiger partial charge in [-0.1, -0.05) is 18.2 Å². The van der Waals surface area contributed by atoms with E-state index >= 15 is 0 Å². The standard InChI is InChI=1S/C17H15N3O4/c1-18-16(12-2-6-14(7-3-12)19(21)22)10-11-17(18)13-4-8-15(9-5-13)20(23)24/h2-10,17H,11H2,1H3. The summed E-state index contributed by atoms with van der Waals surface area (Å²) >= 11 is 0. The fourth-order valence-corrected chi connectivity index (χ4v) is 2.95. The third-order valence-corrected chi connectivity index (χ3v) is 4.24. The predicted molar refractivity (Wildman–Crippen MR) is 89.3 cm³/mol. The van der Waals surface area contributed by atoms with Crippen LogP contribution in [0.4, 0.5) is 11.4 Å². The second-order valence-corrected chi connectivity index (χ2v) is 5.60. The number of nitrogens with zero attached hydrogens (tertiary/aromatic N) is 3. The largest absolute Gasteiger partial charge is 0.367 e. The van der Waals surface area contributed by atoms with E-state index in [9.17, 15) is 20.2 Å². The minimum absolute atomic E-state index is 0.0620. The molecule has 7 nitrogen and oxygen atoms in total. The molecule has 0 aromatic heterocycles. The maximum absolute atomic E-state index is 10.7. The maximum Gasteiger partial charge on any atom is 0.269 e. The van der Waals surface area contributed by atoms with Crippen molar-refractivity contribution in [1.29, 1.82) is 0 Å². The van der Waals surface area contributed by atoms with Gasteiger partial charge in [-0.3, -0.25) is 20.2 Å². The Balaban J connectivity index is 1.79. The lowest BCUT2D eigenvalue weighted by Gasteiger charge is -2.26. The molecular weight excluding hydrogens is 310 g/mol. The van der Waals surface area contributed by atoms with Gasteiger partial charge < -0.3 is 4.90 Å². The van der Waals surface area contributed by atoms with E-state index in [1.54, 1.807) is 24.3 Å². The van der Waals surface area contributed by atoms with Crippen LogP contribution in [0.1, 0.15) is 23.6 Å². The highest BCUT2D eigenvalue weighted by atomic mass is 16.6. The molecule has 0 saturated heterocycles. The molecular formula is C17H15N3O4. The van der Waals surface area contributed by atoms with Crippen molar-refractivity contribution in [3.63, 3.8) is 0 Å². The third kappa shape index (κ3) is 2.83. The highest BCUT2D eigenvalue weighted by Gasteiger charge is 2.25. The second-order valence-electron chi connectivity index (χ2n) is 5.60. The highest BCUT2D eigenvalue weighted by molar-refractivity contribution is 5.67. The fraction of sp³-hybridized carbons (Fsp3) is 0.176. The Morgan fingerprint density at radius 3 is 1.92 bits per heavy atom. The SMILES string of the molecule is CN1C(c2ccc([N+](=O)[O-])cc2)=CCC1c1ccc([N+](=O)[O-])cc1. The van der Waals surface area contributed by atoms with Crippen molar-refractivity contribution < 1.29 is 9.85 Å². The van der Waals surface area contributed by atoms with E-state index in [2.05, 4.69) is 11.0 Å². The average Bonchev–Trinajstić information content (AvgIpc) is 2.96. The molecule has 1 heterocycles. The second kappa shape index (κ2) is 6.11. The normalized spacial score (nSPS) is 16.8. The Morgan fingerprint density at radius 1 is 0.917 bits per heavy atom. The van der Waals surface area contributed by atoms with E-state index in [0.29, 0.717) is 0 Å². The van der Waals surface area contributed by atoms with Crippen molar-refractivity contribution in [3.05, 3.63) is 86.0 Å². The molecule has 0 aliphatic carbocycles. The van der Waals surface area contributed by atoms with E-state index in [1.165, 1.54) is 24.3 Å². The van der Waals surface area contributed by atoms with Gasteiger partial charge in [-0.05, 0) is 29.7 Å². The molecule has 0 N–H and O–H groups in total. The zero-order chi connectivity index (χ0) is 17.3. The Bertz CT molecular complexity index is 813. The molecule has 7 heteroatoms. The van der Waals surface area contributed by atoms with Crippen molar-refractivity contribution in [1.82, 2.24) is 4.90 Å². The molecule has 0 spiro atoms. The van der Waals surface area contributed by atoms with Crippen LogP contribution in [0.25, 0.3) is 5.70 Å². The van der Waals surface area contributed by atoms with Crippen LogP contribution in [0.5, 0.6) is 0 Å². The van der Waals surface area contributed by atoms with Crippen molar-refractivity contribution in [2.24, 2.45) is 0 Å². The van der Waals surface area contributed by atoms with E-state index in [-0.39, 0.29) is 17.4 Å². The number of nitro benzene ring substituents is 2. The summed E-state index contributed by atoms with van der Waals surface area (Å²) < 4.78 is 0. The van der Waals surface area contributed by atoms with Gasteiger partial charge in [0.25, 0.3) is 11.4 Å². The minimum atomic E-state index is -0.420. The van der Waals surface area contributed by atoms with Crippen LogP contribution in [-0.2, 0) is 0 Å². The summed E-state index contributed by atoms with van der Waals surface area (Å²) in [6, 6.07) is 13.1. The zero-order valence-electron chi connectivity index (χ0n) is 13.0. The zero-order valence-corrected chi connectivity index (χ0v) is 13.0. The van der Waals surface area contributed by atoms with Crippen LogP contribution in [0.2, 0.25) is 0 Å². The molecule has 2 aromatic rings. The lowest BCUT2D eigenvalue weighted by atomic mass is 10.0. The lowest BCUT2D eigenvalue weighted by Crippen LogP contribution is -2.18. The Kier molecular flexibility index (Phi) is 3.99. The van der Waals surface area contributed by atoms with Crippen molar-refractivity contribution in [3.8, 4) is 0 Å². The van der Waals surface area contributed by atoms with E-state index in [4.69, 9.17) is 0 Å². The molecule has 1 aliphatic rings. The molecule has 1 aliphatic heterocycles. The van der Waals surface area contributed by atoms with Crippen LogP contribution in [0, 0.1) is 20.2 Å². The quantitative estimate of drug-likeness (QED) is 0.628. The van der Waals surface area contributed by atoms with E-state index in [1.807, 2.05) is 7.05 Å². The molecule has 1 atom stereocenters. The van der Waals surface area contributed by atoms with Crippen LogP contribution >= 0.6 is 0 Å². The van der Waals surface area contributed by atoms with Gasteiger partial charge in [-0.2, -0.15) is 0 Å². The molecule has 24 heavy (non-hydrogen) atoms. The number of hydrogen-bond donors (Lipinski definition) is 0. The van der Waals surface area contributed by atoms with E-state index < -0.39 is 9.85 Å². The fourth-order valence-electron chi connectivity index (χ4n) is 2.95. The van der Waals surface area contributed by atoms with Crippen molar-refractivity contribution >= 4 is 17.1 Å². The molecule has 3 rings (SSSR count). The summed E-state index contributed by atoms with van der Waals surface area (Å²) in [6.07, 6.45) is 2.86. The first-order chi connectivity index (χ1) is 11.5. The van der Waals surface area contributed by atoms with Crippen molar-refractivity contribution in [2.45, 2.75) is 12.5 Å². The summed E-state index contributed by atoms with van der Waals surface area (Å²) in [6.45, 7) is 0. The maximum atomic E-state index is 10.7. The predicted octanol–water partition coefficient (Wildman–Crippen LogP) is 3.92. The van der Waals surface area contributed by atoms with Gasteiger partial charge in [0.2, 0.25) is 0 Å². The monoisotopic (exact) mass is 325 g/mol. The molecule has 0 bridgehead atoms. The van der Waals surface area contributed by atoms with Crippen LogP contribution in [-0.4, -0.2) is 21.8 Å². The highest BCUT2D eigenvalue weighted by Crippen LogP contribution is 2.38. The first-order valence-electron chi connectivity index (χ1n) is 7.39. The van der Waals surface area contributed by atoms with E-state index in [0.717, 1.165) is 23.2 Å². The van der Waals surface area contributed by atoms with Gasteiger partial charge in [0, 0.05) is 37.0 Å². The van der Waals surface area contributed by atoms with Gasteiger partial charge in [0.05, 0.1) is 15.9 Å². The first-order valence-corrected chi connectivity index (χ1v) is 7.39. The number of hydrogen-bond acceptors (Lipinski definition) is 5. The third-order valence-electron chi connectivity index (χ3n) is 4.24. The summed E-state index contributed by atoms with van der Waals surface area (Å²) in [4.78, 5) is 22.7. The van der Waals surface area contributed by atoms with Crippen LogP contribution in [0.3, 0.4) is 0 Å². The van der Waals surface area contributed by atoms with Gasteiger partial charge in [0.1, 0.15) is 0 Å². The van der Waals surface area contributed by atoms with Gasteiger partial charge in [0.15, 0.2) is 0 Å². The molecule has 1 unspecified atom stereocenters. The van der Waals surface area contributed by atoms with Crippen LogP contribution < -0.4 is 0 Å². The van der Waals surface area contributed by atoms with Gasteiger partial charge >= 0.3 is 0 Å². The molecule has 2 aromatic carbocycles. The summed E-state index contributed by atoms with van der Waals surface area (Å²) in [5, 5.41) is 21.5. The average molecular weight is 325 g/mol. The molecule has 0 saturated carbocycles. The number of benzene rings is 2. The summed E-state index contributed by atoms with van der Waals surface area (Å²) in [5.41, 5.74) is 3.03. The van der Waals surface area contributed by atoms with Crippen LogP contribution in [0.15, 0.2) is 54.6 Å².